The first-order valence-electron chi connectivity index (χ1n) is 5.21. The molecule has 1 aromatic rings. The van der Waals surface area contributed by atoms with Gasteiger partial charge < -0.3 is 0 Å². The van der Waals surface area contributed by atoms with Crippen molar-refractivity contribution in [2.75, 3.05) is 0 Å². The SMILES string of the molecule is CC1(C)C2=C(CC=C2)c2ccccc21. The van der Waals surface area contributed by atoms with Gasteiger partial charge in [0.2, 0.25) is 0 Å². The highest BCUT2D eigenvalue weighted by Crippen LogP contribution is 2.50. The van der Waals surface area contributed by atoms with Crippen LogP contribution in [0.1, 0.15) is 31.4 Å². The van der Waals surface area contributed by atoms with Crippen molar-refractivity contribution in [3.8, 4) is 0 Å². The Morgan fingerprint density at radius 3 is 2.79 bits per heavy atom. The molecule has 14 heavy (non-hydrogen) atoms. The Morgan fingerprint density at radius 2 is 1.93 bits per heavy atom. The summed E-state index contributed by atoms with van der Waals surface area (Å²) in [5.74, 6) is 0. The van der Waals surface area contributed by atoms with Crippen molar-refractivity contribution in [1.82, 2.24) is 0 Å². The zero-order chi connectivity index (χ0) is 9.76. The van der Waals surface area contributed by atoms with E-state index in [4.69, 9.17) is 0 Å². The minimum absolute atomic E-state index is 0.221. The molecule has 0 N–H and O–H groups in total. The molecule has 0 heterocycles. The normalized spacial score (nSPS) is 21.3. The van der Waals surface area contributed by atoms with Crippen LogP contribution in [0.25, 0.3) is 5.57 Å². The lowest BCUT2D eigenvalue weighted by atomic mass is 9.81. The monoisotopic (exact) mass is 182 g/mol. The van der Waals surface area contributed by atoms with Gasteiger partial charge in [-0.1, -0.05) is 50.3 Å². The molecule has 2 aliphatic carbocycles. The highest BCUT2D eigenvalue weighted by atomic mass is 14.4. The summed E-state index contributed by atoms with van der Waals surface area (Å²) in [7, 11) is 0. The fraction of sp³-hybridized carbons (Fsp3) is 0.286. The van der Waals surface area contributed by atoms with E-state index in [1.54, 1.807) is 5.57 Å². The van der Waals surface area contributed by atoms with Gasteiger partial charge in [0.25, 0.3) is 0 Å². The predicted molar refractivity (Wildman–Crippen MR) is 60.1 cm³/mol. The molecule has 0 heteroatoms. The molecule has 0 saturated heterocycles. The highest BCUT2D eigenvalue weighted by Gasteiger charge is 2.36. The maximum absolute atomic E-state index is 2.32. The summed E-state index contributed by atoms with van der Waals surface area (Å²) < 4.78 is 0. The number of hydrogen-bond donors (Lipinski definition) is 0. The van der Waals surface area contributed by atoms with Crippen molar-refractivity contribution < 1.29 is 0 Å². The van der Waals surface area contributed by atoms with E-state index in [1.807, 2.05) is 0 Å². The average Bonchev–Trinajstić information content (AvgIpc) is 2.72. The summed E-state index contributed by atoms with van der Waals surface area (Å²) in [4.78, 5) is 0. The standard InChI is InChI=1S/C14H14/c1-14(2)12-8-4-3-6-10(12)11-7-5-9-13(11)14/h3-6,8-9H,7H2,1-2H3. The van der Waals surface area contributed by atoms with Crippen LogP contribution in [0, 0.1) is 0 Å². The molecule has 1 aromatic carbocycles. The third-order valence-corrected chi connectivity index (χ3v) is 3.53. The van der Waals surface area contributed by atoms with Crippen LogP contribution in [0.3, 0.4) is 0 Å². The molecule has 0 fully saturated rings. The number of allylic oxidation sites excluding steroid dienone is 4. The molecule has 0 bridgehead atoms. The third kappa shape index (κ3) is 0.790. The van der Waals surface area contributed by atoms with Crippen LogP contribution in [-0.2, 0) is 5.41 Å². The molecule has 0 spiro atoms. The molecule has 0 aromatic heterocycles. The largest absolute Gasteiger partial charge is 0.0798 e. The van der Waals surface area contributed by atoms with E-state index in [2.05, 4.69) is 50.3 Å². The second-order valence-corrected chi connectivity index (χ2v) is 4.67. The molecular formula is C14H14. The molecule has 3 rings (SSSR count). The van der Waals surface area contributed by atoms with E-state index in [0.717, 1.165) is 6.42 Å². The molecule has 0 saturated carbocycles. The van der Waals surface area contributed by atoms with Gasteiger partial charge in [-0.25, -0.2) is 0 Å². The van der Waals surface area contributed by atoms with Gasteiger partial charge in [0.15, 0.2) is 0 Å². The second kappa shape index (κ2) is 2.38. The van der Waals surface area contributed by atoms with Gasteiger partial charge in [-0.15, -0.1) is 0 Å². The van der Waals surface area contributed by atoms with Gasteiger partial charge in [-0.2, -0.15) is 0 Å². The van der Waals surface area contributed by atoms with Crippen LogP contribution < -0.4 is 0 Å². The topological polar surface area (TPSA) is 0 Å². The minimum atomic E-state index is 0.221. The first kappa shape index (κ1) is 8.05. The lowest BCUT2D eigenvalue weighted by Crippen LogP contribution is -2.15. The van der Waals surface area contributed by atoms with Crippen LogP contribution >= 0.6 is 0 Å². The van der Waals surface area contributed by atoms with Crippen LogP contribution in [0.2, 0.25) is 0 Å². The Labute approximate surface area is 85.0 Å². The Bertz CT molecular complexity index is 459. The average molecular weight is 182 g/mol. The summed E-state index contributed by atoms with van der Waals surface area (Å²) in [5.41, 5.74) is 6.26. The molecule has 0 radical (unpaired) electrons. The zero-order valence-electron chi connectivity index (χ0n) is 8.67. The maximum atomic E-state index is 2.32. The first-order valence-corrected chi connectivity index (χ1v) is 5.21. The second-order valence-electron chi connectivity index (χ2n) is 4.67. The summed E-state index contributed by atoms with van der Waals surface area (Å²) in [6.45, 7) is 4.65. The fourth-order valence-electron chi connectivity index (χ4n) is 2.78. The van der Waals surface area contributed by atoms with Gasteiger partial charge in [-0.05, 0) is 28.7 Å². The molecule has 2 aliphatic rings. The van der Waals surface area contributed by atoms with E-state index >= 15 is 0 Å². The van der Waals surface area contributed by atoms with Crippen LogP contribution in [0.15, 0.2) is 42.0 Å². The van der Waals surface area contributed by atoms with Crippen molar-refractivity contribution in [2.24, 2.45) is 0 Å². The van der Waals surface area contributed by atoms with Crippen molar-refractivity contribution in [2.45, 2.75) is 25.7 Å². The number of fused-ring (bicyclic) bond motifs is 2. The van der Waals surface area contributed by atoms with Gasteiger partial charge in [0.05, 0.1) is 0 Å². The summed E-state index contributed by atoms with van der Waals surface area (Å²) in [6.07, 6.45) is 5.70. The molecular weight excluding hydrogens is 168 g/mol. The van der Waals surface area contributed by atoms with Crippen molar-refractivity contribution in [3.63, 3.8) is 0 Å². The Kier molecular flexibility index (Phi) is 1.37. The van der Waals surface area contributed by atoms with Gasteiger partial charge in [-0.3, -0.25) is 0 Å². The third-order valence-electron chi connectivity index (χ3n) is 3.53. The van der Waals surface area contributed by atoms with Crippen molar-refractivity contribution >= 4 is 5.57 Å². The van der Waals surface area contributed by atoms with Gasteiger partial charge in [0.1, 0.15) is 0 Å². The molecule has 0 atom stereocenters. The number of hydrogen-bond acceptors (Lipinski definition) is 0. The van der Waals surface area contributed by atoms with E-state index < -0.39 is 0 Å². The lowest BCUT2D eigenvalue weighted by Gasteiger charge is -2.22. The maximum Gasteiger partial charge on any atom is 0.0155 e. The van der Waals surface area contributed by atoms with Crippen LogP contribution in [0.4, 0.5) is 0 Å². The van der Waals surface area contributed by atoms with Crippen LogP contribution in [0.5, 0.6) is 0 Å². The summed E-state index contributed by atoms with van der Waals surface area (Å²) >= 11 is 0. The zero-order valence-corrected chi connectivity index (χ0v) is 8.67. The molecule has 0 aliphatic heterocycles. The quantitative estimate of drug-likeness (QED) is 0.574. The van der Waals surface area contributed by atoms with Gasteiger partial charge >= 0.3 is 0 Å². The van der Waals surface area contributed by atoms with E-state index in [1.165, 1.54) is 16.7 Å². The molecule has 0 unspecified atom stereocenters. The van der Waals surface area contributed by atoms with Gasteiger partial charge in [0, 0.05) is 5.41 Å². The number of rotatable bonds is 0. The first-order chi connectivity index (χ1) is 6.71. The highest BCUT2D eigenvalue weighted by molar-refractivity contribution is 5.85. The van der Waals surface area contributed by atoms with E-state index in [0.29, 0.717) is 0 Å². The molecule has 70 valence electrons. The van der Waals surface area contributed by atoms with Crippen molar-refractivity contribution in [3.05, 3.63) is 53.1 Å². The fourth-order valence-corrected chi connectivity index (χ4v) is 2.78. The predicted octanol–water partition coefficient (Wildman–Crippen LogP) is 3.69. The summed E-state index contributed by atoms with van der Waals surface area (Å²) in [5, 5.41) is 0. The Morgan fingerprint density at radius 1 is 1.14 bits per heavy atom. The van der Waals surface area contributed by atoms with E-state index in [9.17, 15) is 0 Å². The smallest absolute Gasteiger partial charge is 0.0155 e. The summed E-state index contributed by atoms with van der Waals surface area (Å²) in [6, 6.07) is 8.81. The number of benzene rings is 1. The van der Waals surface area contributed by atoms with E-state index in [-0.39, 0.29) is 5.41 Å². The van der Waals surface area contributed by atoms with Crippen molar-refractivity contribution in [1.29, 1.82) is 0 Å². The lowest BCUT2D eigenvalue weighted by molar-refractivity contribution is 0.655. The minimum Gasteiger partial charge on any atom is -0.0798 e. The Balaban J connectivity index is 2.32. The molecule has 0 amide bonds. The molecule has 0 nitrogen and oxygen atoms in total. The Hall–Kier alpha value is -1.30. The van der Waals surface area contributed by atoms with Crippen LogP contribution in [-0.4, -0.2) is 0 Å².